The maximum absolute atomic E-state index is 12.5. The highest BCUT2D eigenvalue weighted by atomic mass is 16.8. The number of carboxylic acid groups (broad SMARTS) is 1. The first kappa shape index (κ1) is 37.2. The molecule has 20 heteroatoms. The van der Waals surface area contributed by atoms with Gasteiger partial charge in [0.05, 0.1) is 32.0 Å². The third kappa shape index (κ3) is 8.39. The predicted molar refractivity (Wildman–Crippen MR) is 131 cm³/mol. The Morgan fingerprint density at radius 1 is 1.02 bits per heavy atom. The molecule has 1 unspecified atom stereocenters. The van der Waals surface area contributed by atoms with E-state index in [0.29, 0.717) is 0 Å². The Labute approximate surface area is 243 Å². The molecule has 0 bridgehead atoms. The van der Waals surface area contributed by atoms with Crippen LogP contribution in [0.15, 0.2) is 0 Å². The lowest BCUT2D eigenvalue weighted by Crippen LogP contribution is -2.70. The van der Waals surface area contributed by atoms with Crippen LogP contribution in [-0.2, 0) is 33.3 Å². The first-order valence-electron chi connectivity index (χ1n) is 13.0. The minimum atomic E-state index is -3.07. The Balaban J connectivity index is 2.49. The molecule has 0 spiro atoms. The van der Waals surface area contributed by atoms with Crippen molar-refractivity contribution in [3.05, 3.63) is 0 Å². The maximum atomic E-state index is 12.5. The van der Waals surface area contributed by atoms with Gasteiger partial charge in [-0.25, -0.2) is 4.79 Å². The number of aliphatic hydroxyl groups excluding tert-OH is 11. The van der Waals surface area contributed by atoms with E-state index in [0.717, 1.165) is 6.92 Å². The molecular weight excluding hydrogens is 594 g/mol. The second kappa shape index (κ2) is 15.8. The fourth-order valence-corrected chi connectivity index (χ4v) is 4.71. The maximum Gasteiger partial charge on any atom is 0.364 e. The highest BCUT2D eigenvalue weighted by Crippen LogP contribution is 2.37. The molecule has 20 nitrogen and oxygen atoms in total. The Kier molecular flexibility index (Phi) is 13.7. The van der Waals surface area contributed by atoms with Gasteiger partial charge in [0.2, 0.25) is 5.91 Å². The number of hydrogen-bond acceptors (Lipinski definition) is 18. The molecule has 0 aliphatic carbocycles. The van der Waals surface area contributed by atoms with Gasteiger partial charge in [-0.15, -0.1) is 0 Å². The van der Waals surface area contributed by atoms with Crippen LogP contribution in [0, 0.1) is 0 Å². The van der Waals surface area contributed by atoms with E-state index < -0.39 is 129 Å². The second-order valence-corrected chi connectivity index (χ2v) is 10.1. The van der Waals surface area contributed by atoms with E-state index in [1.165, 1.54) is 0 Å². The summed E-state index contributed by atoms with van der Waals surface area (Å²) >= 11 is 0. The molecule has 2 aliphatic rings. The Morgan fingerprint density at radius 3 is 2.12 bits per heavy atom. The van der Waals surface area contributed by atoms with E-state index in [1.54, 1.807) is 0 Å². The monoisotopic (exact) mass is 633 g/mol. The molecule has 0 aromatic rings. The number of carbonyl (C=O) groups excluding carboxylic acids is 2. The molecule has 0 saturated carbocycles. The van der Waals surface area contributed by atoms with Gasteiger partial charge in [0, 0.05) is 13.3 Å². The van der Waals surface area contributed by atoms with Crippen molar-refractivity contribution in [1.29, 1.82) is 0 Å². The molecule has 0 aromatic carbocycles. The van der Waals surface area contributed by atoms with Gasteiger partial charge in [0.15, 0.2) is 12.6 Å². The van der Waals surface area contributed by atoms with Crippen molar-refractivity contribution in [2.75, 3.05) is 19.8 Å². The van der Waals surface area contributed by atoms with Crippen LogP contribution in [0.1, 0.15) is 13.3 Å². The minimum absolute atomic E-state index is 0.134. The average Bonchev–Trinajstić information content (AvgIpc) is 2.97. The van der Waals surface area contributed by atoms with Crippen molar-refractivity contribution in [3.63, 3.8) is 0 Å². The summed E-state index contributed by atoms with van der Waals surface area (Å²) in [4.78, 5) is 35.2. The van der Waals surface area contributed by atoms with Crippen LogP contribution in [0.4, 0.5) is 0 Å². The lowest BCUT2D eigenvalue weighted by Gasteiger charge is -2.50. The van der Waals surface area contributed by atoms with Crippen molar-refractivity contribution in [1.82, 2.24) is 5.32 Å². The van der Waals surface area contributed by atoms with Crippen molar-refractivity contribution < 1.29 is 94.6 Å². The van der Waals surface area contributed by atoms with Crippen molar-refractivity contribution in [3.8, 4) is 0 Å². The lowest BCUT2D eigenvalue weighted by atomic mass is 9.88. The first-order chi connectivity index (χ1) is 20.1. The standard InChI is InChI=1S/C23H39NO19/c1-7(29)24-13-8(30)2-23(22(38)39,42-19(13)15(35)10(32)4-26)43-20-16(36)12(6-28)40-21(17(20)37)41-18(11(33)5-27)14(34)9(31)3-25/h3,8-21,26-28,30-37H,2,4-6H2,1H3,(H,24,29)(H,38,39)/t8-,9-,10+,11+,12+,13+,14+,15+,16-,17+,18+,19?,20-,21-,23-/m0/s1. The molecule has 0 radical (unpaired) electrons. The number of nitrogens with one attached hydrogen (secondary N) is 1. The lowest BCUT2D eigenvalue weighted by molar-refractivity contribution is -0.377. The summed E-state index contributed by atoms with van der Waals surface area (Å²) in [6.07, 6.45) is -28.0. The first-order valence-corrected chi connectivity index (χ1v) is 13.0. The molecule has 0 aromatic heterocycles. The number of carbonyl (C=O) groups is 3. The van der Waals surface area contributed by atoms with Crippen molar-refractivity contribution in [2.45, 2.75) is 105 Å². The van der Waals surface area contributed by atoms with Crippen LogP contribution < -0.4 is 5.32 Å². The zero-order chi connectivity index (χ0) is 32.8. The summed E-state index contributed by atoms with van der Waals surface area (Å²) in [7, 11) is 0. The van der Waals surface area contributed by atoms with Gasteiger partial charge < -0.3 is 90.3 Å². The van der Waals surface area contributed by atoms with Crippen LogP contribution in [0.5, 0.6) is 0 Å². The van der Waals surface area contributed by atoms with E-state index in [4.69, 9.17) is 18.9 Å². The summed E-state index contributed by atoms with van der Waals surface area (Å²) < 4.78 is 21.5. The Hall–Kier alpha value is -1.99. The van der Waals surface area contributed by atoms with Gasteiger partial charge in [-0.2, -0.15) is 0 Å². The number of ether oxygens (including phenoxy) is 4. The fourth-order valence-electron chi connectivity index (χ4n) is 4.71. The molecule has 250 valence electrons. The Bertz CT molecular complexity index is 927. The molecule has 2 rings (SSSR count). The van der Waals surface area contributed by atoms with E-state index in [9.17, 15) is 75.7 Å². The number of aliphatic hydroxyl groups is 11. The molecule has 13 N–H and O–H groups in total. The third-order valence-electron chi connectivity index (χ3n) is 7.02. The van der Waals surface area contributed by atoms with Crippen LogP contribution in [0.2, 0.25) is 0 Å². The van der Waals surface area contributed by atoms with Gasteiger partial charge in [-0.1, -0.05) is 0 Å². The van der Waals surface area contributed by atoms with Crippen LogP contribution >= 0.6 is 0 Å². The van der Waals surface area contributed by atoms with Crippen LogP contribution in [0.25, 0.3) is 0 Å². The molecule has 2 fully saturated rings. The quantitative estimate of drug-likeness (QED) is 0.0744. The number of rotatable bonds is 15. The van der Waals surface area contributed by atoms with Gasteiger partial charge >= 0.3 is 5.97 Å². The van der Waals surface area contributed by atoms with Gasteiger partial charge in [-0.05, 0) is 0 Å². The normalized spacial score (nSPS) is 37.4. The predicted octanol–water partition coefficient (Wildman–Crippen LogP) is -8.38. The Morgan fingerprint density at radius 2 is 1.63 bits per heavy atom. The minimum Gasteiger partial charge on any atom is -0.477 e. The summed E-state index contributed by atoms with van der Waals surface area (Å²) in [6, 6.07) is -1.57. The summed E-state index contributed by atoms with van der Waals surface area (Å²) in [6.45, 7) is -2.18. The number of amides is 1. The molecule has 43 heavy (non-hydrogen) atoms. The average molecular weight is 634 g/mol. The van der Waals surface area contributed by atoms with Crippen molar-refractivity contribution in [2.24, 2.45) is 0 Å². The van der Waals surface area contributed by atoms with Crippen molar-refractivity contribution >= 4 is 18.2 Å². The molecular formula is C23H39NO19. The molecule has 2 saturated heterocycles. The molecule has 1 amide bonds. The van der Waals surface area contributed by atoms with E-state index in [1.807, 2.05) is 0 Å². The molecule has 15 atom stereocenters. The highest BCUT2D eigenvalue weighted by Gasteiger charge is 2.59. The van der Waals surface area contributed by atoms with Gasteiger partial charge in [0.25, 0.3) is 5.79 Å². The summed E-state index contributed by atoms with van der Waals surface area (Å²) in [5.74, 6) is -5.85. The van der Waals surface area contributed by atoms with E-state index in [-0.39, 0.29) is 6.29 Å². The highest BCUT2D eigenvalue weighted by molar-refractivity contribution is 5.76. The largest absolute Gasteiger partial charge is 0.477 e. The zero-order valence-electron chi connectivity index (χ0n) is 22.7. The third-order valence-corrected chi connectivity index (χ3v) is 7.02. The van der Waals surface area contributed by atoms with Crippen LogP contribution in [0.3, 0.4) is 0 Å². The SMILES string of the molecule is CC(=O)N[C@H]1C([C@H](O)[C@H](O)CO)O[C@@](O[C@H]2[C@@H](O)[C@@H](CO)O[C@@H](O[C@@H]([C@H](O)[C@@H](O)C=O)[C@H](O)CO)[C@@H]2O)(C(=O)O)C[C@@H]1O. The van der Waals surface area contributed by atoms with E-state index in [2.05, 4.69) is 5.32 Å². The smallest absolute Gasteiger partial charge is 0.364 e. The second-order valence-electron chi connectivity index (χ2n) is 10.1. The van der Waals surface area contributed by atoms with Gasteiger partial charge in [0.1, 0.15) is 67.1 Å². The number of hydrogen-bond donors (Lipinski definition) is 13. The topological polar surface area (TPSA) is 343 Å². The van der Waals surface area contributed by atoms with Gasteiger partial charge in [-0.3, -0.25) is 4.79 Å². The zero-order valence-corrected chi connectivity index (χ0v) is 22.7. The number of aldehydes is 1. The van der Waals surface area contributed by atoms with E-state index >= 15 is 0 Å². The summed E-state index contributed by atoms with van der Waals surface area (Å²) in [5, 5.41) is 124. The molecule has 2 aliphatic heterocycles. The number of carboxylic acids is 1. The summed E-state index contributed by atoms with van der Waals surface area (Å²) in [5.41, 5.74) is 0. The molecule has 2 heterocycles. The fraction of sp³-hybridized carbons (Fsp3) is 0.870. The van der Waals surface area contributed by atoms with Crippen LogP contribution in [-0.4, -0.2) is 191 Å². The number of aliphatic carboxylic acids is 1.